The fourth-order valence-electron chi connectivity index (χ4n) is 2.40. The standard InChI is InChI=1S/C13H14ClNO4S/c14-9-3-8(4-11-12(9)19-7-18-11)5-15-1-2-20-6-10(15)13(16)17/h3-4,10H,1-2,5-7H2,(H,16,17). The van der Waals surface area contributed by atoms with Gasteiger partial charge in [0.15, 0.2) is 11.5 Å². The summed E-state index contributed by atoms with van der Waals surface area (Å²) in [5.41, 5.74) is 0.942. The fourth-order valence-corrected chi connectivity index (χ4v) is 3.80. The van der Waals surface area contributed by atoms with Gasteiger partial charge in [0, 0.05) is 24.6 Å². The molecule has 108 valence electrons. The van der Waals surface area contributed by atoms with Crippen LogP contribution in [0.4, 0.5) is 0 Å². The van der Waals surface area contributed by atoms with E-state index in [-0.39, 0.29) is 6.79 Å². The van der Waals surface area contributed by atoms with Crippen LogP contribution in [0.1, 0.15) is 5.56 Å². The van der Waals surface area contributed by atoms with E-state index in [1.54, 1.807) is 11.8 Å². The van der Waals surface area contributed by atoms with Crippen molar-refractivity contribution in [3.8, 4) is 11.5 Å². The van der Waals surface area contributed by atoms with Crippen LogP contribution in [-0.2, 0) is 11.3 Å². The minimum Gasteiger partial charge on any atom is -0.480 e. The Labute approximate surface area is 125 Å². The number of carbonyl (C=O) groups is 1. The Balaban J connectivity index is 1.80. The van der Waals surface area contributed by atoms with Crippen LogP contribution in [0.5, 0.6) is 11.5 Å². The largest absolute Gasteiger partial charge is 0.480 e. The lowest BCUT2D eigenvalue weighted by atomic mass is 10.1. The maximum atomic E-state index is 11.3. The number of thioether (sulfide) groups is 1. The molecule has 1 aromatic rings. The summed E-state index contributed by atoms with van der Waals surface area (Å²) in [4.78, 5) is 13.2. The van der Waals surface area contributed by atoms with Crippen molar-refractivity contribution in [1.29, 1.82) is 0 Å². The summed E-state index contributed by atoms with van der Waals surface area (Å²) in [6.45, 7) is 1.48. The Morgan fingerprint density at radius 1 is 1.50 bits per heavy atom. The van der Waals surface area contributed by atoms with Gasteiger partial charge in [-0.05, 0) is 17.7 Å². The molecular weight excluding hydrogens is 302 g/mol. The molecule has 1 unspecified atom stereocenters. The van der Waals surface area contributed by atoms with Crippen LogP contribution >= 0.6 is 23.4 Å². The van der Waals surface area contributed by atoms with E-state index in [1.165, 1.54) is 0 Å². The normalized spacial score (nSPS) is 21.9. The van der Waals surface area contributed by atoms with Crippen LogP contribution in [0.3, 0.4) is 0 Å². The molecule has 2 aliphatic heterocycles. The Morgan fingerprint density at radius 3 is 3.15 bits per heavy atom. The van der Waals surface area contributed by atoms with Crippen LogP contribution in [0.2, 0.25) is 5.02 Å². The molecule has 1 saturated heterocycles. The molecule has 2 aliphatic rings. The van der Waals surface area contributed by atoms with Crippen LogP contribution < -0.4 is 9.47 Å². The van der Waals surface area contributed by atoms with E-state index in [9.17, 15) is 9.90 Å². The molecule has 0 aromatic heterocycles. The third kappa shape index (κ3) is 2.68. The first-order chi connectivity index (χ1) is 9.65. The van der Waals surface area contributed by atoms with Crippen molar-refractivity contribution in [1.82, 2.24) is 4.90 Å². The highest BCUT2D eigenvalue weighted by Crippen LogP contribution is 2.40. The number of hydrogen-bond donors (Lipinski definition) is 1. The van der Waals surface area contributed by atoms with Crippen molar-refractivity contribution in [3.63, 3.8) is 0 Å². The lowest BCUT2D eigenvalue weighted by Crippen LogP contribution is -2.46. The molecule has 1 atom stereocenters. The Kier molecular flexibility index (Phi) is 3.96. The van der Waals surface area contributed by atoms with E-state index in [1.807, 2.05) is 17.0 Å². The molecule has 0 bridgehead atoms. The van der Waals surface area contributed by atoms with Crippen LogP contribution in [0, 0.1) is 0 Å². The number of carboxylic acid groups (broad SMARTS) is 1. The van der Waals surface area contributed by atoms with Crippen molar-refractivity contribution in [3.05, 3.63) is 22.7 Å². The highest BCUT2D eigenvalue weighted by atomic mass is 35.5. The molecule has 0 amide bonds. The van der Waals surface area contributed by atoms with Gasteiger partial charge in [0.25, 0.3) is 0 Å². The van der Waals surface area contributed by atoms with Crippen molar-refractivity contribution < 1.29 is 19.4 Å². The molecule has 1 fully saturated rings. The molecule has 0 radical (unpaired) electrons. The van der Waals surface area contributed by atoms with Gasteiger partial charge in [-0.2, -0.15) is 11.8 Å². The predicted octanol–water partition coefficient (Wildman–Crippen LogP) is 2.07. The van der Waals surface area contributed by atoms with Gasteiger partial charge in [0.1, 0.15) is 6.04 Å². The van der Waals surface area contributed by atoms with Gasteiger partial charge < -0.3 is 14.6 Å². The monoisotopic (exact) mass is 315 g/mol. The van der Waals surface area contributed by atoms with E-state index in [2.05, 4.69) is 0 Å². The molecule has 1 N–H and O–H groups in total. The zero-order valence-electron chi connectivity index (χ0n) is 10.7. The van der Waals surface area contributed by atoms with Gasteiger partial charge in [-0.3, -0.25) is 9.69 Å². The predicted molar refractivity (Wildman–Crippen MR) is 76.7 cm³/mol. The number of aliphatic carboxylic acids is 1. The fraction of sp³-hybridized carbons (Fsp3) is 0.462. The second kappa shape index (κ2) is 5.71. The lowest BCUT2D eigenvalue weighted by Gasteiger charge is -2.32. The van der Waals surface area contributed by atoms with Gasteiger partial charge in [-0.25, -0.2) is 0 Å². The summed E-state index contributed by atoms with van der Waals surface area (Å²) in [7, 11) is 0. The van der Waals surface area contributed by atoms with E-state index >= 15 is 0 Å². The smallest absolute Gasteiger partial charge is 0.321 e. The summed E-state index contributed by atoms with van der Waals surface area (Å²) in [6, 6.07) is 3.24. The van der Waals surface area contributed by atoms with Crippen molar-refractivity contribution in [2.75, 3.05) is 24.8 Å². The Morgan fingerprint density at radius 2 is 2.35 bits per heavy atom. The summed E-state index contributed by atoms with van der Waals surface area (Å²) >= 11 is 7.82. The molecule has 7 heteroatoms. The topological polar surface area (TPSA) is 59.0 Å². The van der Waals surface area contributed by atoms with Crippen LogP contribution in [0.25, 0.3) is 0 Å². The number of halogens is 1. The van der Waals surface area contributed by atoms with Gasteiger partial charge in [0.05, 0.1) is 5.02 Å². The van der Waals surface area contributed by atoms with E-state index in [4.69, 9.17) is 21.1 Å². The van der Waals surface area contributed by atoms with Crippen molar-refractivity contribution in [2.45, 2.75) is 12.6 Å². The third-order valence-electron chi connectivity index (χ3n) is 3.40. The molecule has 5 nitrogen and oxygen atoms in total. The highest BCUT2D eigenvalue weighted by Gasteiger charge is 2.29. The number of hydrogen-bond acceptors (Lipinski definition) is 5. The summed E-state index contributed by atoms with van der Waals surface area (Å²) in [6.07, 6.45) is 0. The SMILES string of the molecule is O=C(O)C1CSCCN1Cc1cc(Cl)c2c(c1)OCO2. The van der Waals surface area contributed by atoms with Gasteiger partial charge >= 0.3 is 5.97 Å². The molecule has 1 aromatic carbocycles. The van der Waals surface area contributed by atoms with Gasteiger partial charge in [-0.1, -0.05) is 11.6 Å². The average molecular weight is 316 g/mol. The van der Waals surface area contributed by atoms with Gasteiger partial charge in [-0.15, -0.1) is 0 Å². The highest BCUT2D eigenvalue weighted by molar-refractivity contribution is 7.99. The average Bonchev–Trinajstić information content (AvgIpc) is 2.88. The lowest BCUT2D eigenvalue weighted by molar-refractivity contribution is -0.142. The number of ether oxygens (including phenoxy) is 2. The summed E-state index contributed by atoms with van der Waals surface area (Å²) in [5, 5.41) is 9.78. The minimum absolute atomic E-state index is 0.177. The van der Waals surface area contributed by atoms with E-state index in [0.717, 1.165) is 17.9 Å². The third-order valence-corrected chi connectivity index (χ3v) is 4.70. The first kappa shape index (κ1) is 13.9. The molecule has 0 saturated carbocycles. The van der Waals surface area contributed by atoms with E-state index < -0.39 is 12.0 Å². The van der Waals surface area contributed by atoms with Gasteiger partial charge in [0.2, 0.25) is 6.79 Å². The number of carboxylic acids is 1. The van der Waals surface area contributed by atoms with E-state index in [0.29, 0.717) is 28.8 Å². The number of nitrogens with zero attached hydrogens (tertiary/aromatic N) is 1. The van der Waals surface area contributed by atoms with Crippen molar-refractivity contribution in [2.24, 2.45) is 0 Å². The molecule has 0 spiro atoms. The summed E-state index contributed by atoms with van der Waals surface area (Å²) < 4.78 is 10.6. The number of fused-ring (bicyclic) bond motifs is 1. The second-order valence-electron chi connectivity index (χ2n) is 4.71. The second-order valence-corrected chi connectivity index (χ2v) is 6.27. The van der Waals surface area contributed by atoms with Crippen molar-refractivity contribution >= 4 is 29.3 Å². The molecule has 2 heterocycles. The quantitative estimate of drug-likeness (QED) is 0.921. The number of rotatable bonds is 3. The summed E-state index contributed by atoms with van der Waals surface area (Å²) in [5.74, 6) is 1.99. The maximum Gasteiger partial charge on any atom is 0.321 e. The molecular formula is C13H14ClNO4S. The first-order valence-electron chi connectivity index (χ1n) is 6.28. The minimum atomic E-state index is -0.774. The zero-order valence-corrected chi connectivity index (χ0v) is 12.2. The molecule has 0 aliphatic carbocycles. The first-order valence-corrected chi connectivity index (χ1v) is 7.81. The number of benzene rings is 1. The Hall–Kier alpha value is -1.11. The van der Waals surface area contributed by atoms with Crippen LogP contribution in [-0.4, -0.2) is 46.9 Å². The maximum absolute atomic E-state index is 11.3. The molecule has 20 heavy (non-hydrogen) atoms. The Bertz CT molecular complexity index is 539. The molecule has 3 rings (SSSR count). The van der Waals surface area contributed by atoms with Crippen LogP contribution in [0.15, 0.2) is 12.1 Å². The zero-order chi connectivity index (χ0) is 14.1.